The summed E-state index contributed by atoms with van der Waals surface area (Å²) in [6.45, 7) is 6.16. The Bertz CT molecular complexity index is 946. The van der Waals surface area contributed by atoms with Gasteiger partial charge >= 0.3 is 0 Å². The number of methoxy groups -OCH3 is 1. The van der Waals surface area contributed by atoms with Crippen molar-refractivity contribution in [1.82, 2.24) is 29.3 Å². The van der Waals surface area contributed by atoms with Crippen LogP contribution in [0.4, 0.5) is 0 Å². The molecule has 1 aromatic carbocycles. The van der Waals surface area contributed by atoms with Crippen LogP contribution in [0.3, 0.4) is 0 Å². The third kappa shape index (κ3) is 3.55. The van der Waals surface area contributed by atoms with Crippen LogP contribution in [-0.4, -0.2) is 76.2 Å². The van der Waals surface area contributed by atoms with Crippen LogP contribution in [0.15, 0.2) is 36.9 Å². The first kappa shape index (κ1) is 18.7. The molecule has 2 aromatic heterocycles. The molecule has 1 unspecified atom stereocenters. The van der Waals surface area contributed by atoms with Gasteiger partial charge in [0, 0.05) is 43.5 Å². The van der Waals surface area contributed by atoms with Crippen molar-refractivity contribution in [2.75, 3.05) is 40.8 Å². The fourth-order valence-corrected chi connectivity index (χ4v) is 3.87. The van der Waals surface area contributed by atoms with Gasteiger partial charge < -0.3 is 19.2 Å². The van der Waals surface area contributed by atoms with Crippen molar-refractivity contribution in [1.29, 1.82) is 0 Å². The average molecular weight is 380 g/mol. The van der Waals surface area contributed by atoms with Crippen molar-refractivity contribution >= 4 is 0 Å². The van der Waals surface area contributed by atoms with E-state index in [1.54, 1.807) is 13.4 Å². The molecule has 3 aromatic rings. The van der Waals surface area contributed by atoms with Gasteiger partial charge in [-0.05, 0) is 33.2 Å². The summed E-state index contributed by atoms with van der Waals surface area (Å²) in [5.41, 5.74) is 5.00. The Labute approximate surface area is 166 Å². The van der Waals surface area contributed by atoms with Crippen LogP contribution in [0.1, 0.15) is 5.69 Å². The molecule has 7 heteroatoms. The highest BCUT2D eigenvalue weighted by molar-refractivity contribution is 5.78. The lowest BCUT2D eigenvalue weighted by molar-refractivity contribution is 0.103. The van der Waals surface area contributed by atoms with Crippen LogP contribution in [0.2, 0.25) is 0 Å². The highest BCUT2D eigenvalue weighted by Gasteiger charge is 2.26. The molecule has 148 valence electrons. The van der Waals surface area contributed by atoms with E-state index < -0.39 is 0 Å². The second-order valence-corrected chi connectivity index (χ2v) is 7.60. The van der Waals surface area contributed by atoms with Gasteiger partial charge in [-0.3, -0.25) is 4.90 Å². The standard InChI is InChI=1S/C21H28N6O/c1-15-19(23-13-22-15)21-20(16-6-5-7-18(10-16)28-4)24-14-27(21)12-17-11-25(2)8-9-26(17)3/h5-7,10,13-14,17H,8-9,11-12H2,1-4H3,(H,22,23). The highest BCUT2D eigenvalue weighted by atomic mass is 16.5. The van der Waals surface area contributed by atoms with Gasteiger partial charge in [-0.15, -0.1) is 0 Å². The Morgan fingerprint density at radius 1 is 1.18 bits per heavy atom. The van der Waals surface area contributed by atoms with Crippen molar-refractivity contribution < 1.29 is 4.74 Å². The van der Waals surface area contributed by atoms with E-state index in [1.165, 1.54) is 0 Å². The van der Waals surface area contributed by atoms with Crippen molar-refractivity contribution in [3.8, 4) is 28.4 Å². The van der Waals surface area contributed by atoms with Crippen molar-refractivity contribution in [2.24, 2.45) is 0 Å². The molecule has 1 atom stereocenters. The number of aryl methyl sites for hydroxylation is 1. The Morgan fingerprint density at radius 3 is 2.79 bits per heavy atom. The number of nitrogens with zero attached hydrogens (tertiary/aromatic N) is 5. The van der Waals surface area contributed by atoms with E-state index in [2.05, 4.69) is 51.4 Å². The molecule has 3 heterocycles. The number of imidazole rings is 2. The van der Waals surface area contributed by atoms with E-state index in [9.17, 15) is 0 Å². The maximum atomic E-state index is 5.42. The summed E-state index contributed by atoms with van der Waals surface area (Å²) in [4.78, 5) is 17.4. The van der Waals surface area contributed by atoms with Crippen LogP contribution >= 0.6 is 0 Å². The van der Waals surface area contributed by atoms with E-state index in [-0.39, 0.29) is 0 Å². The average Bonchev–Trinajstić information content (AvgIpc) is 3.30. The molecular formula is C21H28N6O. The zero-order valence-corrected chi connectivity index (χ0v) is 17.0. The molecule has 4 rings (SSSR count). The molecule has 28 heavy (non-hydrogen) atoms. The van der Waals surface area contributed by atoms with Gasteiger partial charge in [0.05, 0.1) is 31.2 Å². The van der Waals surface area contributed by atoms with Gasteiger partial charge in [-0.2, -0.15) is 0 Å². The molecule has 1 aliphatic heterocycles. The minimum absolute atomic E-state index is 0.434. The van der Waals surface area contributed by atoms with Crippen molar-refractivity contribution in [3.05, 3.63) is 42.6 Å². The van der Waals surface area contributed by atoms with Gasteiger partial charge in [-0.1, -0.05) is 12.1 Å². The first-order valence-corrected chi connectivity index (χ1v) is 9.65. The SMILES string of the molecule is COc1cccc(-c2ncn(CC3CN(C)CCN3C)c2-c2nc[nH]c2C)c1. The second-order valence-electron chi connectivity index (χ2n) is 7.60. The number of aromatic amines is 1. The minimum atomic E-state index is 0.434. The van der Waals surface area contributed by atoms with E-state index in [0.29, 0.717) is 6.04 Å². The van der Waals surface area contributed by atoms with E-state index in [0.717, 1.165) is 60.3 Å². The zero-order chi connectivity index (χ0) is 19.7. The van der Waals surface area contributed by atoms with E-state index in [4.69, 9.17) is 9.72 Å². The fourth-order valence-electron chi connectivity index (χ4n) is 3.87. The third-order valence-corrected chi connectivity index (χ3v) is 5.62. The minimum Gasteiger partial charge on any atom is -0.497 e. The monoisotopic (exact) mass is 380 g/mol. The summed E-state index contributed by atoms with van der Waals surface area (Å²) in [5, 5.41) is 0. The lowest BCUT2D eigenvalue weighted by atomic mass is 10.1. The molecule has 1 saturated heterocycles. The van der Waals surface area contributed by atoms with Crippen LogP contribution in [0.5, 0.6) is 5.75 Å². The Balaban J connectivity index is 1.77. The molecule has 7 nitrogen and oxygen atoms in total. The number of benzene rings is 1. The van der Waals surface area contributed by atoms with Gasteiger partial charge in [0.2, 0.25) is 0 Å². The summed E-state index contributed by atoms with van der Waals surface area (Å²) in [7, 11) is 6.08. The first-order chi connectivity index (χ1) is 13.6. The molecular weight excluding hydrogens is 352 g/mol. The molecule has 1 fully saturated rings. The number of hydrogen-bond donors (Lipinski definition) is 1. The zero-order valence-electron chi connectivity index (χ0n) is 17.0. The van der Waals surface area contributed by atoms with Crippen LogP contribution < -0.4 is 4.74 Å². The number of hydrogen-bond acceptors (Lipinski definition) is 5. The number of aromatic nitrogens is 4. The summed E-state index contributed by atoms with van der Waals surface area (Å²) in [6.07, 6.45) is 3.69. The third-order valence-electron chi connectivity index (χ3n) is 5.62. The van der Waals surface area contributed by atoms with Crippen LogP contribution in [-0.2, 0) is 6.54 Å². The Morgan fingerprint density at radius 2 is 2.04 bits per heavy atom. The molecule has 1 N–H and O–H groups in total. The Hall–Kier alpha value is -2.64. The summed E-state index contributed by atoms with van der Waals surface area (Å²) >= 11 is 0. The van der Waals surface area contributed by atoms with Gasteiger partial charge in [-0.25, -0.2) is 9.97 Å². The first-order valence-electron chi connectivity index (χ1n) is 9.65. The normalized spacial score (nSPS) is 18.5. The quantitative estimate of drug-likeness (QED) is 0.737. The maximum Gasteiger partial charge on any atom is 0.119 e. The number of rotatable bonds is 5. The molecule has 1 aliphatic rings. The number of ether oxygens (including phenoxy) is 1. The van der Waals surface area contributed by atoms with Crippen molar-refractivity contribution in [2.45, 2.75) is 19.5 Å². The summed E-state index contributed by atoms with van der Waals surface area (Å²) in [5.74, 6) is 0.824. The van der Waals surface area contributed by atoms with Gasteiger partial charge in [0.25, 0.3) is 0 Å². The maximum absolute atomic E-state index is 5.42. The largest absolute Gasteiger partial charge is 0.497 e. The molecule has 0 saturated carbocycles. The van der Waals surface area contributed by atoms with E-state index >= 15 is 0 Å². The molecule has 0 spiro atoms. The Kier molecular flexibility index (Phi) is 5.19. The van der Waals surface area contributed by atoms with Crippen LogP contribution in [0.25, 0.3) is 22.6 Å². The lowest BCUT2D eigenvalue weighted by Crippen LogP contribution is -2.51. The summed E-state index contributed by atoms with van der Waals surface area (Å²) in [6, 6.07) is 8.48. The number of piperazine rings is 1. The highest BCUT2D eigenvalue weighted by Crippen LogP contribution is 2.33. The molecule has 0 amide bonds. The predicted molar refractivity (Wildman–Crippen MR) is 110 cm³/mol. The fraction of sp³-hybridized carbons (Fsp3) is 0.429. The number of likely N-dealkylation sites (N-methyl/N-ethyl adjacent to an activating group) is 2. The predicted octanol–water partition coefficient (Wildman–Crippen LogP) is 2.50. The van der Waals surface area contributed by atoms with Crippen molar-refractivity contribution in [3.63, 3.8) is 0 Å². The smallest absolute Gasteiger partial charge is 0.119 e. The topological polar surface area (TPSA) is 62.2 Å². The molecule has 0 bridgehead atoms. The van der Waals surface area contributed by atoms with Gasteiger partial charge in [0.1, 0.15) is 11.4 Å². The van der Waals surface area contributed by atoms with Crippen LogP contribution in [0, 0.1) is 6.92 Å². The lowest BCUT2D eigenvalue weighted by Gasteiger charge is -2.38. The summed E-state index contributed by atoms with van der Waals surface area (Å²) < 4.78 is 7.66. The van der Waals surface area contributed by atoms with E-state index in [1.807, 2.05) is 24.5 Å². The number of H-pyrrole nitrogens is 1. The number of nitrogens with one attached hydrogen (secondary N) is 1. The molecule has 0 radical (unpaired) electrons. The molecule has 0 aliphatic carbocycles. The second kappa shape index (κ2) is 7.77. The van der Waals surface area contributed by atoms with Gasteiger partial charge in [0.15, 0.2) is 0 Å².